The van der Waals surface area contributed by atoms with Gasteiger partial charge in [-0.25, -0.2) is 0 Å². The molecule has 1 aliphatic heterocycles. The number of carbonyl (C=O) groups excluding carboxylic acids is 1. The molecule has 3 aromatic rings. The van der Waals surface area contributed by atoms with Crippen molar-refractivity contribution in [1.82, 2.24) is 10.3 Å². The SMILES string of the molecule is O=C(NCc1ccc2c(c1)OCCO2)c1c2c(nc3ccccc13)CCC2. The number of aromatic nitrogens is 1. The number of amides is 1. The molecular formula is C22H20N2O3. The summed E-state index contributed by atoms with van der Waals surface area (Å²) in [6.07, 6.45) is 2.92. The van der Waals surface area contributed by atoms with Gasteiger partial charge in [-0.2, -0.15) is 0 Å². The molecule has 0 atom stereocenters. The Kier molecular flexibility index (Phi) is 3.93. The maximum absolute atomic E-state index is 13.1. The Morgan fingerprint density at radius 2 is 1.89 bits per heavy atom. The van der Waals surface area contributed by atoms with Gasteiger partial charge in [0.25, 0.3) is 5.91 Å². The molecule has 0 radical (unpaired) electrons. The van der Waals surface area contributed by atoms with E-state index < -0.39 is 0 Å². The monoisotopic (exact) mass is 360 g/mol. The summed E-state index contributed by atoms with van der Waals surface area (Å²) in [6, 6.07) is 13.7. The van der Waals surface area contributed by atoms with Crippen LogP contribution in [0.25, 0.3) is 10.9 Å². The number of nitrogens with zero attached hydrogens (tertiary/aromatic N) is 1. The van der Waals surface area contributed by atoms with Crippen LogP contribution in [0.5, 0.6) is 11.5 Å². The first-order valence-electron chi connectivity index (χ1n) is 9.37. The predicted octanol–water partition coefficient (Wildman–Crippen LogP) is 3.42. The summed E-state index contributed by atoms with van der Waals surface area (Å²) in [5.41, 5.74) is 4.84. The third kappa shape index (κ3) is 2.89. The maximum atomic E-state index is 13.1. The largest absolute Gasteiger partial charge is 0.486 e. The molecule has 1 amide bonds. The van der Waals surface area contributed by atoms with Crippen LogP contribution in [-0.2, 0) is 19.4 Å². The summed E-state index contributed by atoms with van der Waals surface area (Å²) in [5.74, 6) is 1.46. The molecule has 2 aliphatic rings. The number of hydrogen-bond acceptors (Lipinski definition) is 4. The van der Waals surface area contributed by atoms with Gasteiger partial charge < -0.3 is 14.8 Å². The average molecular weight is 360 g/mol. The fraction of sp³-hybridized carbons (Fsp3) is 0.273. The number of carbonyl (C=O) groups is 1. The zero-order valence-electron chi connectivity index (χ0n) is 15.0. The Morgan fingerprint density at radius 3 is 2.81 bits per heavy atom. The number of fused-ring (bicyclic) bond motifs is 3. The maximum Gasteiger partial charge on any atom is 0.252 e. The first-order chi connectivity index (χ1) is 13.3. The minimum atomic E-state index is -0.0401. The van der Waals surface area contributed by atoms with Gasteiger partial charge in [-0.3, -0.25) is 9.78 Å². The Balaban J connectivity index is 1.43. The van der Waals surface area contributed by atoms with E-state index in [1.165, 1.54) is 0 Å². The van der Waals surface area contributed by atoms with Crippen LogP contribution in [0.2, 0.25) is 0 Å². The van der Waals surface area contributed by atoms with E-state index in [2.05, 4.69) is 5.32 Å². The molecule has 0 fully saturated rings. The second-order valence-electron chi connectivity index (χ2n) is 6.94. The van der Waals surface area contributed by atoms with Gasteiger partial charge >= 0.3 is 0 Å². The number of nitrogens with one attached hydrogen (secondary N) is 1. The van der Waals surface area contributed by atoms with E-state index >= 15 is 0 Å². The molecule has 0 saturated heterocycles. The Hall–Kier alpha value is -3.08. The van der Waals surface area contributed by atoms with Crippen molar-refractivity contribution in [3.05, 3.63) is 64.8 Å². The third-order valence-corrected chi connectivity index (χ3v) is 5.21. The molecule has 0 unspecified atom stereocenters. The van der Waals surface area contributed by atoms with E-state index in [-0.39, 0.29) is 5.91 Å². The lowest BCUT2D eigenvalue weighted by molar-refractivity contribution is 0.0951. The van der Waals surface area contributed by atoms with Gasteiger partial charge in [0.05, 0.1) is 11.1 Å². The normalized spacial score (nSPS) is 14.8. The van der Waals surface area contributed by atoms with E-state index in [4.69, 9.17) is 14.5 Å². The smallest absolute Gasteiger partial charge is 0.252 e. The zero-order chi connectivity index (χ0) is 18.2. The van der Waals surface area contributed by atoms with Gasteiger partial charge in [-0.05, 0) is 48.6 Å². The topological polar surface area (TPSA) is 60.5 Å². The molecule has 2 aromatic carbocycles. The van der Waals surface area contributed by atoms with Crippen molar-refractivity contribution in [2.75, 3.05) is 13.2 Å². The molecule has 136 valence electrons. The van der Waals surface area contributed by atoms with Crippen LogP contribution in [0.1, 0.15) is 33.6 Å². The predicted molar refractivity (Wildman–Crippen MR) is 102 cm³/mol. The summed E-state index contributed by atoms with van der Waals surface area (Å²) in [4.78, 5) is 17.8. The molecule has 5 heteroatoms. The van der Waals surface area contributed by atoms with Crippen LogP contribution in [0.4, 0.5) is 0 Å². The quantitative estimate of drug-likeness (QED) is 0.777. The van der Waals surface area contributed by atoms with Crippen LogP contribution in [0.3, 0.4) is 0 Å². The Morgan fingerprint density at radius 1 is 1.04 bits per heavy atom. The molecule has 0 spiro atoms. The number of pyridine rings is 1. The van der Waals surface area contributed by atoms with Crippen LogP contribution in [0, 0.1) is 0 Å². The summed E-state index contributed by atoms with van der Waals surface area (Å²) in [7, 11) is 0. The molecule has 1 aromatic heterocycles. The Bertz CT molecular complexity index is 1050. The average Bonchev–Trinajstić information content (AvgIpc) is 3.18. The third-order valence-electron chi connectivity index (χ3n) is 5.21. The van der Waals surface area contributed by atoms with Crippen LogP contribution < -0.4 is 14.8 Å². The Labute approximate surface area is 157 Å². The van der Waals surface area contributed by atoms with Crippen molar-refractivity contribution >= 4 is 16.8 Å². The fourth-order valence-corrected chi connectivity index (χ4v) is 3.94. The lowest BCUT2D eigenvalue weighted by atomic mass is 10.0. The van der Waals surface area contributed by atoms with Crippen molar-refractivity contribution in [2.24, 2.45) is 0 Å². The first-order valence-corrected chi connectivity index (χ1v) is 9.37. The van der Waals surface area contributed by atoms with E-state index in [9.17, 15) is 4.79 Å². The minimum absolute atomic E-state index is 0.0401. The highest BCUT2D eigenvalue weighted by molar-refractivity contribution is 6.07. The highest BCUT2D eigenvalue weighted by Crippen LogP contribution is 2.32. The highest BCUT2D eigenvalue weighted by Gasteiger charge is 2.23. The van der Waals surface area contributed by atoms with E-state index in [1.54, 1.807) is 0 Å². The van der Waals surface area contributed by atoms with E-state index in [0.717, 1.165) is 64.0 Å². The number of aryl methyl sites for hydroxylation is 1. The van der Waals surface area contributed by atoms with Crippen molar-refractivity contribution in [3.63, 3.8) is 0 Å². The summed E-state index contributed by atoms with van der Waals surface area (Å²) < 4.78 is 11.2. The molecule has 5 nitrogen and oxygen atoms in total. The molecule has 5 rings (SSSR count). The fourth-order valence-electron chi connectivity index (χ4n) is 3.94. The van der Waals surface area contributed by atoms with Gasteiger partial charge in [0, 0.05) is 17.6 Å². The van der Waals surface area contributed by atoms with Crippen LogP contribution in [0.15, 0.2) is 42.5 Å². The van der Waals surface area contributed by atoms with Crippen LogP contribution in [-0.4, -0.2) is 24.1 Å². The second-order valence-corrected chi connectivity index (χ2v) is 6.94. The molecule has 27 heavy (non-hydrogen) atoms. The lowest BCUT2D eigenvalue weighted by Gasteiger charge is -2.19. The zero-order valence-corrected chi connectivity index (χ0v) is 15.0. The molecule has 0 saturated carbocycles. The summed E-state index contributed by atoms with van der Waals surface area (Å²) in [6.45, 7) is 1.57. The second kappa shape index (κ2) is 6.58. The number of benzene rings is 2. The van der Waals surface area contributed by atoms with Gasteiger partial charge in [0.1, 0.15) is 13.2 Å². The summed E-state index contributed by atoms with van der Waals surface area (Å²) >= 11 is 0. The van der Waals surface area contributed by atoms with Crippen molar-refractivity contribution < 1.29 is 14.3 Å². The van der Waals surface area contributed by atoms with Gasteiger partial charge in [-0.15, -0.1) is 0 Å². The van der Waals surface area contributed by atoms with Crippen molar-refractivity contribution in [2.45, 2.75) is 25.8 Å². The van der Waals surface area contributed by atoms with Gasteiger partial charge in [0.2, 0.25) is 0 Å². The number of ether oxygens (including phenoxy) is 2. The molecule has 2 heterocycles. The number of para-hydroxylation sites is 1. The minimum Gasteiger partial charge on any atom is -0.486 e. The van der Waals surface area contributed by atoms with E-state index in [0.29, 0.717) is 19.8 Å². The van der Waals surface area contributed by atoms with Crippen LogP contribution >= 0.6 is 0 Å². The highest BCUT2D eigenvalue weighted by atomic mass is 16.6. The molecule has 1 N–H and O–H groups in total. The van der Waals surface area contributed by atoms with Gasteiger partial charge in [0.15, 0.2) is 11.5 Å². The van der Waals surface area contributed by atoms with E-state index in [1.807, 2.05) is 42.5 Å². The van der Waals surface area contributed by atoms with Crippen molar-refractivity contribution in [3.8, 4) is 11.5 Å². The number of rotatable bonds is 3. The van der Waals surface area contributed by atoms with Crippen molar-refractivity contribution in [1.29, 1.82) is 0 Å². The molecule has 0 bridgehead atoms. The molecular weight excluding hydrogens is 340 g/mol. The first kappa shape index (κ1) is 16.1. The lowest BCUT2D eigenvalue weighted by Crippen LogP contribution is -2.25. The summed E-state index contributed by atoms with van der Waals surface area (Å²) in [5, 5.41) is 4.01. The number of hydrogen-bond donors (Lipinski definition) is 1. The standard InChI is InChI=1S/C22H20N2O3/c25-22(23-13-14-8-9-19-20(12-14)27-11-10-26-19)21-15-4-1-2-6-17(15)24-18-7-3-5-16(18)21/h1-2,4,6,8-9,12H,3,5,7,10-11,13H2,(H,23,25). The molecule has 1 aliphatic carbocycles. The van der Waals surface area contributed by atoms with Gasteiger partial charge in [-0.1, -0.05) is 24.3 Å².